The van der Waals surface area contributed by atoms with Crippen LogP contribution in [0.1, 0.15) is 16.9 Å². The molecular formula is C24H29BN8O2. The number of rotatable bonds is 6. The van der Waals surface area contributed by atoms with Crippen molar-refractivity contribution in [3.8, 4) is 11.3 Å². The average molecular weight is 472 g/mol. The predicted molar refractivity (Wildman–Crippen MR) is 139 cm³/mol. The van der Waals surface area contributed by atoms with E-state index in [1.54, 1.807) is 18.6 Å². The van der Waals surface area contributed by atoms with E-state index in [1.807, 2.05) is 30.3 Å². The number of amides is 1. The molecule has 1 aromatic carbocycles. The Morgan fingerprint density at radius 3 is 2.66 bits per heavy atom. The van der Waals surface area contributed by atoms with Crippen molar-refractivity contribution in [3.63, 3.8) is 0 Å². The van der Waals surface area contributed by atoms with Crippen LogP contribution < -0.4 is 21.3 Å². The lowest BCUT2D eigenvalue weighted by Gasteiger charge is -2.30. The van der Waals surface area contributed by atoms with Crippen LogP contribution in [-0.4, -0.2) is 79.1 Å². The zero-order valence-corrected chi connectivity index (χ0v) is 19.8. The van der Waals surface area contributed by atoms with Crippen molar-refractivity contribution in [2.24, 2.45) is 0 Å². The first-order valence-corrected chi connectivity index (χ1v) is 11.8. The smallest absolute Gasteiger partial charge is 0.278 e. The largest absolute Gasteiger partial charge is 0.382 e. The molecule has 180 valence electrons. The van der Waals surface area contributed by atoms with Gasteiger partial charge in [-0.2, -0.15) is 0 Å². The molecule has 2 aliphatic heterocycles. The molecule has 0 radical (unpaired) electrons. The van der Waals surface area contributed by atoms with E-state index in [1.165, 1.54) is 0 Å². The van der Waals surface area contributed by atoms with Crippen molar-refractivity contribution in [3.05, 3.63) is 54.6 Å². The minimum atomic E-state index is -0.428. The number of morpholine rings is 1. The van der Waals surface area contributed by atoms with Crippen molar-refractivity contribution in [1.29, 1.82) is 0 Å². The first kappa shape index (κ1) is 23.1. The molecule has 5 rings (SSSR count). The minimum Gasteiger partial charge on any atom is -0.382 e. The number of benzene rings is 1. The normalized spacial score (nSPS) is 18.4. The van der Waals surface area contributed by atoms with E-state index >= 15 is 0 Å². The molecular weight excluding hydrogens is 443 g/mol. The first-order valence-electron chi connectivity index (χ1n) is 11.8. The molecule has 3 aromatic rings. The molecule has 1 amide bonds. The maximum absolute atomic E-state index is 13.1. The van der Waals surface area contributed by atoms with Crippen LogP contribution in [0, 0.1) is 0 Å². The van der Waals surface area contributed by atoms with Crippen molar-refractivity contribution >= 4 is 36.8 Å². The second-order valence-corrected chi connectivity index (χ2v) is 8.90. The molecule has 0 spiro atoms. The standard InChI is InChI=1S/C24H29BN8O2/c25-33-8-6-18(15-33)29-17-3-1-16(2-4-17)19-14-28-23(26)22(30-19)24(34)31-20-13-27-7-5-21(20)32-9-11-35-12-10-32/h1-5,7,13-14,18,29H,6,8-12,15,25H2,(H2,26,28)(H,31,34)/t18-/m1/s1. The highest BCUT2D eigenvalue weighted by molar-refractivity contribution is 6.07. The number of nitrogens with one attached hydrogen (secondary N) is 2. The van der Waals surface area contributed by atoms with E-state index in [4.69, 9.17) is 10.5 Å². The monoisotopic (exact) mass is 472 g/mol. The van der Waals surface area contributed by atoms with Crippen LogP contribution in [0.25, 0.3) is 11.3 Å². The number of anilines is 4. The number of nitrogens with two attached hydrogens (primary N) is 1. The zero-order valence-electron chi connectivity index (χ0n) is 19.8. The lowest BCUT2D eigenvalue weighted by atomic mass is 10.1. The zero-order chi connectivity index (χ0) is 24.2. The number of hydrogen-bond donors (Lipinski definition) is 3. The Balaban J connectivity index is 1.32. The molecule has 0 aliphatic carbocycles. The van der Waals surface area contributed by atoms with Gasteiger partial charge in [0.25, 0.3) is 5.91 Å². The van der Waals surface area contributed by atoms with E-state index in [9.17, 15) is 4.79 Å². The second-order valence-electron chi connectivity index (χ2n) is 8.90. The number of pyridine rings is 1. The van der Waals surface area contributed by atoms with Crippen LogP contribution in [-0.2, 0) is 4.74 Å². The Bertz CT molecular complexity index is 1190. The summed E-state index contributed by atoms with van der Waals surface area (Å²) in [4.78, 5) is 30.6. The van der Waals surface area contributed by atoms with Crippen molar-refractivity contribution in [1.82, 2.24) is 19.8 Å². The summed E-state index contributed by atoms with van der Waals surface area (Å²) in [6, 6.07) is 10.3. The van der Waals surface area contributed by atoms with Crippen LogP contribution in [0.3, 0.4) is 0 Å². The lowest BCUT2D eigenvalue weighted by molar-refractivity contribution is 0.102. The van der Waals surface area contributed by atoms with Crippen LogP contribution in [0.4, 0.5) is 22.9 Å². The van der Waals surface area contributed by atoms with Gasteiger partial charge in [-0.25, -0.2) is 9.97 Å². The number of aromatic nitrogens is 3. The van der Waals surface area contributed by atoms with Gasteiger partial charge < -0.3 is 30.8 Å². The first-order chi connectivity index (χ1) is 17.1. The van der Waals surface area contributed by atoms with Crippen molar-refractivity contribution < 1.29 is 9.53 Å². The molecule has 2 saturated heterocycles. The van der Waals surface area contributed by atoms with E-state index in [0.717, 1.165) is 49.5 Å². The van der Waals surface area contributed by atoms with E-state index < -0.39 is 5.91 Å². The van der Waals surface area contributed by atoms with Gasteiger partial charge in [-0.3, -0.25) is 9.78 Å². The number of nitrogen functional groups attached to an aromatic ring is 1. The molecule has 0 saturated carbocycles. The summed E-state index contributed by atoms with van der Waals surface area (Å²) in [5.74, 6) is -0.352. The third-order valence-corrected chi connectivity index (χ3v) is 6.36. The average Bonchev–Trinajstić information content (AvgIpc) is 3.30. The Morgan fingerprint density at radius 2 is 1.91 bits per heavy atom. The summed E-state index contributed by atoms with van der Waals surface area (Å²) in [6.07, 6.45) is 6.05. The number of carbonyl (C=O) groups excluding carboxylic acids is 1. The van der Waals surface area contributed by atoms with Gasteiger partial charge in [-0.15, -0.1) is 0 Å². The summed E-state index contributed by atoms with van der Waals surface area (Å²) in [5.41, 5.74) is 10.1. The van der Waals surface area contributed by atoms with E-state index in [-0.39, 0.29) is 11.5 Å². The minimum absolute atomic E-state index is 0.0757. The second kappa shape index (κ2) is 10.3. The van der Waals surface area contributed by atoms with Gasteiger partial charge in [0.15, 0.2) is 19.5 Å². The van der Waals surface area contributed by atoms with Gasteiger partial charge in [0, 0.05) is 43.1 Å². The third-order valence-electron chi connectivity index (χ3n) is 6.36. The van der Waals surface area contributed by atoms with Gasteiger partial charge in [0.2, 0.25) is 0 Å². The number of hydrogen-bond acceptors (Lipinski definition) is 9. The number of carbonyl (C=O) groups is 1. The number of nitrogens with zero attached hydrogens (tertiary/aromatic N) is 5. The van der Waals surface area contributed by atoms with Crippen LogP contribution >= 0.6 is 0 Å². The molecule has 10 nitrogen and oxygen atoms in total. The molecule has 4 N–H and O–H groups in total. The van der Waals surface area contributed by atoms with Gasteiger partial charge in [0.05, 0.1) is 42.7 Å². The fraction of sp³-hybridized carbons (Fsp3) is 0.333. The van der Waals surface area contributed by atoms with Crippen LogP contribution in [0.15, 0.2) is 48.9 Å². The lowest BCUT2D eigenvalue weighted by Crippen LogP contribution is -2.36. The van der Waals surface area contributed by atoms with E-state index in [0.29, 0.717) is 30.6 Å². The maximum Gasteiger partial charge on any atom is 0.278 e. The molecule has 4 heterocycles. The van der Waals surface area contributed by atoms with Crippen molar-refractivity contribution in [2.45, 2.75) is 12.5 Å². The summed E-state index contributed by atoms with van der Waals surface area (Å²) < 4.78 is 5.44. The van der Waals surface area contributed by atoms with Crippen LogP contribution in [0.2, 0.25) is 0 Å². The molecule has 1 atom stereocenters. The highest BCUT2D eigenvalue weighted by Gasteiger charge is 2.21. The number of ether oxygens (including phenoxy) is 1. The van der Waals surface area contributed by atoms with Gasteiger partial charge >= 0.3 is 0 Å². The molecule has 0 unspecified atom stereocenters. The molecule has 0 bridgehead atoms. The highest BCUT2D eigenvalue weighted by atomic mass is 16.5. The van der Waals surface area contributed by atoms with Gasteiger partial charge in [0.1, 0.15) is 0 Å². The molecule has 2 fully saturated rings. The van der Waals surface area contributed by atoms with Gasteiger partial charge in [-0.1, -0.05) is 12.1 Å². The Morgan fingerprint density at radius 1 is 1.11 bits per heavy atom. The third kappa shape index (κ3) is 5.36. The SMILES string of the molecule is BN1CC[C@@H](Nc2ccc(-c3cnc(N)c(C(=O)Nc4cnccc4N4CCOCC4)n3)cc2)C1. The summed E-state index contributed by atoms with van der Waals surface area (Å²) >= 11 is 0. The quantitative estimate of drug-likeness (QED) is 0.455. The Hall–Kier alpha value is -3.70. The Labute approximate surface area is 205 Å². The fourth-order valence-corrected chi connectivity index (χ4v) is 4.48. The maximum atomic E-state index is 13.1. The topological polar surface area (TPSA) is 122 Å². The molecule has 2 aromatic heterocycles. The van der Waals surface area contributed by atoms with Gasteiger partial charge in [-0.05, 0) is 31.2 Å². The fourth-order valence-electron chi connectivity index (χ4n) is 4.48. The Kier molecular flexibility index (Phi) is 6.78. The van der Waals surface area contributed by atoms with E-state index in [2.05, 4.69) is 43.3 Å². The highest BCUT2D eigenvalue weighted by Crippen LogP contribution is 2.27. The van der Waals surface area contributed by atoms with Crippen molar-refractivity contribution in [2.75, 3.05) is 60.7 Å². The summed E-state index contributed by atoms with van der Waals surface area (Å²) in [7, 11) is 2.13. The molecule has 11 heteroatoms. The van der Waals surface area contributed by atoms with Crippen LogP contribution in [0.5, 0.6) is 0 Å². The predicted octanol–water partition coefficient (Wildman–Crippen LogP) is 1.24. The summed E-state index contributed by atoms with van der Waals surface area (Å²) in [6.45, 7) is 4.91. The molecule has 2 aliphatic rings. The molecule has 35 heavy (non-hydrogen) atoms. The summed E-state index contributed by atoms with van der Waals surface area (Å²) in [5, 5.41) is 6.48.